The number of aliphatic hydroxyl groups excluding tert-OH is 1. The number of carbonyl (C=O) groups is 1. The van der Waals surface area contributed by atoms with Gasteiger partial charge < -0.3 is 20.5 Å². The highest BCUT2D eigenvalue weighted by atomic mass is 35.5. The third-order valence-electron chi connectivity index (χ3n) is 6.21. The molecule has 3 rings (SSSR count). The third-order valence-corrected chi connectivity index (χ3v) is 6.42. The van der Waals surface area contributed by atoms with Gasteiger partial charge in [-0.3, -0.25) is 9.78 Å². The first-order valence-corrected chi connectivity index (χ1v) is 13.0. The fourth-order valence-corrected chi connectivity index (χ4v) is 4.85. The molecule has 3 N–H and O–H groups in total. The van der Waals surface area contributed by atoms with Crippen LogP contribution in [0.5, 0.6) is 5.75 Å². The van der Waals surface area contributed by atoms with Gasteiger partial charge in [0.2, 0.25) is 5.91 Å². The smallest absolute Gasteiger partial charge is 0.220 e. The number of ether oxygens (including phenoxy) is 1. The van der Waals surface area contributed by atoms with Gasteiger partial charge >= 0.3 is 0 Å². The molecule has 0 saturated carbocycles. The van der Waals surface area contributed by atoms with Crippen LogP contribution in [0.2, 0.25) is 5.02 Å². The van der Waals surface area contributed by atoms with Gasteiger partial charge in [-0.05, 0) is 61.9 Å². The monoisotopic (exact) mass is 519 g/mol. The van der Waals surface area contributed by atoms with Gasteiger partial charge in [-0.2, -0.15) is 0 Å². The van der Waals surface area contributed by atoms with Crippen molar-refractivity contribution in [3.63, 3.8) is 0 Å². The number of hydrogen-bond donors (Lipinski definition) is 3. The van der Waals surface area contributed by atoms with Crippen LogP contribution in [0.1, 0.15) is 77.2 Å². The van der Waals surface area contributed by atoms with Gasteiger partial charge in [0, 0.05) is 41.7 Å². The first-order chi connectivity index (χ1) is 16.7. The molecule has 3 atom stereocenters. The van der Waals surface area contributed by atoms with E-state index in [1.54, 1.807) is 19.2 Å². The number of pyridine rings is 1. The minimum absolute atomic E-state index is 0.0636. The summed E-state index contributed by atoms with van der Waals surface area (Å²) in [5.74, 6) is 0.101. The van der Waals surface area contributed by atoms with Crippen molar-refractivity contribution in [2.45, 2.75) is 91.0 Å². The van der Waals surface area contributed by atoms with Crippen molar-refractivity contribution in [1.82, 2.24) is 15.6 Å². The Kier molecular flexibility index (Phi) is 9.02. The lowest BCUT2D eigenvalue weighted by molar-refractivity contribution is -0.122. The lowest BCUT2D eigenvalue weighted by Crippen LogP contribution is -2.50. The van der Waals surface area contributed by atoms with Crippen LogP contribution in [-0.4, -0.2) is 40.3 Å². The molecule has 2 aromatic rings. The van der Waals surface area contributed by atoms with Crippen LogP contribution in [0.3, 0.4) is 0 Å². The van der Waals surface area contributed by atoms with Gasteiger partial charge in [0.05, 0.1) is 18.3 Å². The molecule has 1 amide bonds. The largest absolute Gasteiger partial charge is 0.486 e. The fourth-order valence-electron chi connectivity index (χ4n) is 4.60. The van der Waals surface area contributed by atoms with E-state index in [0.29, 0.717) is 12.0 Å². The number of aliphatic hydroxyl groups is 1. The van der Waals surface area contributed by atoms with Crippen LogP contribution < -0.4 is 15.4 Å². The van der Waals surface area contributed by atoms with E-state index < -0.39 is 23.6 Å². The maximum absolute atomic E-state index is 13.9. The van der Waals surface area contributed by atoms with Crippen molar-refractivity contribution in [2.75, 3.05) is 6.54 Å². The summed E-state index contributed by atoms with van der Waals surface area (Å²) in [6, 6.07) is 5.67. The van der Waals surface area contributed by atoms with Crippen LogP contribution in [0, 0.1) is 11.2 Å². The minimum Gasteiger partial charge on any atom is -0.486 e. The van der Waals surface area contributed by atoms with E-state index in [1.807, 2.05) is 13.8 Å². The van der Waals surface area contributed by atoms with E-state index in [9.17, 15) is 14.3 Å². The summed E-state index contributed by atoms with van der Waals surface area (Å²) in [5.41, 5.74) is 2.31. The molecule has 0 bridgehead atoms. The number of halogens is 2. The predicted octanol–water partition coefficient (Wildman–Crippen LogP) is 5.15. The molecule has 8 heteroatoms. The first-order valence-electron chi connectivity index (χ1n) is 12.6. The lowest BCUT2D eigenvalue weighted by atomic mass is 9.87. The van der Waals surface area contributed by atoms with Crippen LogP contribution in [0.15, 0.2) is 30.5 Å². The molecule has 2 heterocycles. The summed E-state index contributed by atoms with van der Waals surface area (Å²) in [6.07, 6.45) is 2.96. The highest BCUT2D eigenvalue weighted by Gasteiger charge is 2.35. The van der Waals surface area contributed by atoms with Gasteiger partial charge in [-0.1, -0.05) is 39.3 Å². The topological polar surface area (TPSA) is 83.5 Å². The summed E-state index contributed by atoms with van der Waals surface area (Å²) in [4.78, 5) is 16.8. The standard InChI is InChI=1S/C28H39ClFN3O3/c1-7-26(35)33-22(10-17-8-18(29)11-19(30)9-17)24(34)15-32-23-14-28(5,6)36-25-16-31-20(12-21(23)25)13-27(2,3)4/h8-9,11-12,16,22-24,32,34H,7,10,13-15H2,1-6H3,(H,33,35)/t22-,23-,24+/m0/s1. The molecular formula is C28H39ClFN3O3. The molecular weight excluding hydrogens is 481 g/mol. The third kappa shape index (κ3) is 8.15. The zero-order valence-electron chi connectivity index (χ0n) is 22.1. The van der Waals surface area contributed by atoms with Crippen LogP contribution >= 0.6 is 11.6 Å². The molecule has 1 aliphatic heterocycles. The van der Waals surface area contributed by atoms with Gasteiger partial charge in [0.15, 0.2) is 0 Å². The SMILES string of the molecule is CCC(=O)N[C@@H](Cc1cc(F)cc(Cl)c1)[C@H](O)CN[C@H]1CC(C)(C)Oc2cnc(CC(C)(C)C)cc21. The summed E-state index contributed by atoms with van der Waals surface area (Å²) in [7, 11) is 0. The highest BCUT2D eigenvalue weighted by molar-refractivity contribution is 6.30. The van der Waals surface area contributed by atoms with Crippen molar-refractivity contribution >= 4 is 17.5 Å². The Labute approximate surface area is 219 Å². The normalized spacial score (nSPS) is 18.6. The Morgan fingerprint density at radius 2 is 2.03 bits per heavy atom. The highest BCUT2D eigenvalue weighted by Crippen LogP contribution is 2.40. The molecule has 6 nitrogen and oxygen atoms in total. The summed E-state index contributed by atoms with van der Waals surface area (Å²) >= 11 is 6.02. The van der Waals surface area contributed by atoms with Crippen molar-refractivity contribution < 1.29 is 19.0 Å². The second-order valence-electron chi connectivity index (χ2n) is 11.6. The average Bonchev–Trinajstić information content (AvgIpc) is 2.74. The second kappa shape index (κ2) is 11.4. The van der Waals surface area contributed by atoms with Crippen LogP contribution in [0.4, 0.5) is 4.39 Å². The molecule has 36 heavy (non-hydrogen) atoms. The average molecular weight is 520 g/mol. The van der Waals surface area contributed by atoms with E-state index in [4.69, 9.17) is 16.3 Å². The summed E-state index contributed by atoms with van der Waals surface area (Å²) in [6.45, 7) is 12.6. The molecule has 1 aliphatic rings. The minimum atomic E-state index is -0.909. The van der Waals surface area contributed by atoms with Crippen LogP contribution in [-0.2, 0) is 17.6 Å². The van der Waals surface area contributed by atoms with Crippen molar-refractivity contribution in [3.05, 3.63) is 58.1 Å². The zero-order valence-corrected chi connectivity index (χ0v) is 22.9. The van der Waals surface area contributed by atoms with Crippen molar-refractivity contribution in [1.29, 1.82) is 0 Å². The Morgan fingerprint density at radius 1 is 1.31 bits per heavy atom. The summed E-state index contributed by atoms with van der Waals surface area (Å²) < 4.78 is 20.1. The number of amides is 1. The number of benzene rings is 1. The predicted molar refractivity (Wildman–Crippen MR) is 141 cm³/mol. The maximum Gasteiger partial charge on any atom is 0.220 e. The Bertz CT molecular complexity index is 1050. The van der Waals surface area contributed by atoms with E-state index in [-0.39, 0.29) is 41.8 Å². The van der Waals surface area contributed by atoms with Gasteiger partial charge in [0.1, 0.15) is 17.2 Å². The number of hydrogen-bond acceptors (Lipinski definition) is 5. The molecule has 198 valence electrons. The molecule has 1 aromatic carbocycles. The quantitative estimate of drug-likeness (QED) is 0.426. The number of nitrogens with one attached hydrogen (secondary N) is 2. The second-order valence-corrected chi connectivity index (χ2v) is 12.0. The van der Waals surface area contributed by atoms with E-state index in [1.165, 1.54) is 12.1 Å². The number of fused-ring (bicyclic) bond motifs is 1. The van der Waals surface area contributed by atoms with E-state index >= 15 is 0 Å². The molecule has 1 aromatic heterocycles. The fraction of sp³-hybridized carbons (Fsp3) is 0.571. The maximum atomic E-state index is 13.9. The van der Waals surface area contributed by atoms with Gasteiger partial charge in [0.25, 0.3) is 0 Å². The zero-order chi connectivity index (χ0) is 26.7. The Morgan fingerprint density at radius 3 is 2.67 bits per heavy atom. The number of aromatic nitrogens is 1. The van der Waals surface area contributed by atoms with Crippen molar-refractivity contribution in [3.8, 4) is 5.75 Å². The Hall–Kier alpha value is -2.22. The molecule has 0 unspecified atom stereocenters. The van der Waals surface area contributed by atoms with Gasteiger partial charge in [-0.25, -0.2) is 4.39 Å². The Balaban J connectivity index is 1.79. The first kappa shape index (κ1) is 28.4. The van der Waals surface area contributed by atoms with E-state index in [2.05, 4.69) is 42.5 Å². The lowest BCUT2D eigenvalue weighted by Gasteiger charge is -2.38. The number of nitrogens with zero attached hydrogens (tertiary/aromatic N) is 1. The molecule has 0 spiro atoms. The molecule has 0 saturated heterocycles. The van der Waals surface area contributed by atoms with Crippen molar-refractivity contribution in [2.24, 2.45) is 5.41 Å². The van der Waals surface area contributed by atoms with Gasteiger partial charge in [-0.15, -0.1) is 0 Å². The van der Waals surface area contributed by atoms with E-state index in [0.717, 1.165) is 23.4 Å². The summed E-state index contributed by atoms with van der Waals surface area (Å²) in [5, 5.41) is 17.8. The molecule has 0 radical (unpaired) electrons. The number of rotatable bonds is 9. The van der Waals surface area contributed by atoms with Crippen LogP contribution in [0.25, 0.3) is 0 Å². The molecule has 0 aliphatic carbocycles. The molecule has 0 fully saturated rings. The number of carbonyl (C=O) groups excluding carboxylic acids is 1.